The molecule has 0 aliphatic carbocycles. The smallest absolute Gasteiger partial charge is 0.134 e. The van der Waals surface area contributed by atoms with Crippen LogP contribution in [0.4, 0.5) is 5.69 Å². The first-order valence-corrected chi connectivity index (χ1v) is 4.97. The molecule has 0 unspecified atom stereocenters. The fraction of sp³-hybridized carbons (Fsp3) is 0. The van der Waals surface area contributed by atoms with E-state index in [-0.39, 0.29) is 5.75 Å². The van der Waals surface area contributed by atoms with E-state index in [1.165, 1.54) is 12.1 Å². The van der Waals surface area contributed by atoms with E-state index in [1.807, 2.05) is 30.3 Å². The number of hydrogen-bond acceptors (Lipinski definition) is 3. The fourth-order valence-electron chi connectivity index (χ4n) is 1.03. The van der Waals surface area contributed by atoms with E-state index in [1.54, 1.807) is 22.4 Å². The van der Waals surface area contributed by atoms with Gasteiger partial charge < -0.3 is 9.83 Å². The van der Waals surface area contributed by atoms with Crippen LogP contribution in [0.2, 0.25) is 0 Å². The zero-order chi connectivity index (χ0) is 9.80. The Bertz CT molecular complexity index is 400. The van der Waals surface area contributed by atoms with Gasteiger partial charge >= 0.3 is 0 Å². The number of para-hydroxylation sites is 1. The van der Waals surface area contributed by atoms with E-state index < -0.39 is 0 Å². The highest BCUT2D eigenvalue weighted by atomic mass is 32.2. The lowest BCUT2D eigenvalue weighted by Gasteiger charge is -2.04. The van der Waals surface area contributed by atoms with Crippen LogP contribution < -0.4 is 4.72 Å². The molecule has 4 heteroatoms. The minimum Gasteiger partial charge on any atom is -0.506 e. The Morgan fingerprint density at radius 1 is 1.14 bits per heavy atom. The number of nitrogens with zero attached hydrogens (tertiary/aromatic N) is 1. The zero-order valence-corrected chi connectivity index (χ0v) is 8.24. The van der Waals surface area contributed by atoms with Crippen molar-refractivity contribution in [1.82, 2.24) is 3.97 Å². The Morgan fingerprint density at radius 3 is 2.57 bits per heavy atom. The molecule has 3 nitrogen and oxygen atoms in total. The lowest BCUT2D eigenvalue weighted by molar-refractivity contribution is 0.476. The predicted octanol–water partition coefficient (Wildman–Crippen LogP) is 2.72. The summed E-state index contributed by atoms with van der Waals surface area (Å²) in [6.07, 6.45) is 3.43. The summed E-state index contributed by atoms with van der Waals surface area (Å²) in [6.45, 7) is 0. The van der Waals surface area contributed by atoms with Gasteiger partial charge in [0.15, 0.2) is 0 Å². The van der Waals surface area contributed by atoms with Crippen LogP contribution in [0.5, 0.6) is 5.75 Å². The maximum absolute atomic E-state index is 9.09. The molecule has 1 aromatic carbocycles. The maximum atomic E-state index is 9.09. The molecule has 0 fully saturated rings. The molecule has 0 saturated heterocycles. The average molecular weight is 206 g/mol. The lowest BCUT2D eigenvalue weighted by atomic mass is 10.3. The Balaban J connectivity index is 1.95. The van der Waals surface area contributed by atoms with Gasteiger partial charge in [0, 0.05) is 11.9 Å². The summed E-state index contributed by atoms with van der Waals surface area (Å²) < 4.78 is 4.94. The largest absolute Gasteiger partial charge is 0.506 e. The summed E-state index contributed by atoms with van der Waals surface area (Å²) in [5.74, 6) is 0.271. The van der Waals surface area contributed by atoms with E-state index in [2.05, 4.69) is 4.72 Å². The van der Waals surface area contributed by atoms with Gasteiger partial charge in [0.2, 0.25) is 0 Å². The highest BCUT2D eigenvalue weighted by Gasteiger charge is 1.94. The van der Waals surface area contributed by atoms with Crippen LogP contribution in [-0.2, 0) is 0 Å². The van der Waals surface area contributed by atoms with Crippen molar-refractivity contribution in [2.75, 3.05) is 4.72 Å². The summed E-state index contributed by atoms with van der Waals surface area (Å²) in [4.78, 5) is 0. The van der Waals surface area contributed by atoms with Gasteiger partial charge in [0.1, 0.15) is 5.75 Å². The lowest BCUT2D eigenvalue weighted by Crippen LogP contribution is -1.90. The number of benzene rings is 1. The number of hydrogen-bond donors (Lipinski definition) is 2. The van der Waals surface area contributed by atoms with E-state index in [0.717, 1.165) is 5.69 Å². The van der Waals surface area contributed by atoms with E-state index in [9.17, 15) is 0 Å². The summed E-state index contributed by atoms with van der Waals surface area (Å²) in [5.41, 5.74) is 1.03. The van der Waals surface area contributed by atoms with Gasteiger partial charge in [-0.2, -0.15) is 0 Å². The van der Waals surface area contributed by atoms with Crippen LogP contribution in [0.3, 0.4) is 0 Å². The van der Waals surface area contributed by atoms with Gasteiger partial charge in [-0.3, -0.25) is 3.97 Å². The number of aromatic hydroxyl groups is 1. The molecular weight excluding hydrogens is 196 g/mol. The Kier molecular flexibility index (Phi) is 2.65. The Hall–Kier alpha value is -1.55. The minimum atomic E-state index is 0.271. The van der Waals surface area contributed by atoms with Crippen molar-refractivity contribution in [3.05, 3.63) is 48.8 Å². The predicted molar refractivity (Wildman–Crippen MR) is 59.2 cm³/mol. The Labute approximate surface area is 86.6 Å². The molecular formula is C10H10N2OS. The third kappa shape index (κ3) is 2.23. The summed E-state index contributed by atoms with van der Waals surface area (Å²) in [7, 11) is 0. The van der Waals surface area contributed by atoms with Crippen molar-refractivity contribution in [3.63, 3.8) is 0 Å². The molecule has 0 aliphatic rings. The average Bonchev–Trinajstić information content (AvgIpc) is 2.63. The van der Waals surface area contributed by atoms with Crippen LogP contribution in [0, 0.1) is 0 Å². The van der Waals surface area contributed by atoms with Gasteiger partial charge in [-0.25, -0.2) is 0 Å². The molecule has 0 radical (unpaired) electrons. The molecule has 0 saturated carbocycles. The van der Waals surface area contributed by atoms with Gasteiger partial charge in [-0.05, 0) is 18.2 Å². The molecule has 2 aromatic rings. The topological polar surface area (TPSA) is 37.2 Å². The number of nitrogens with one attached hydrogen (secondary N) is 1. The normalized spacial score (nSPS) is 10.0. The first-order chi connectivity index (χ1) is 6.84. The molecule has 1 aromatic heterocycles. The second-order valence-corrected chi connectivity index (χ2v) is 3.60. The van der Waals surface area contributed by atoms with E-state index in [0.29, 0.717) is 0 Å². The number of rotatable bonds is 3. The molecule has 0 bridgehead atoms. The Morgan fingerprint density at radius 2 is 1.93 bits per heavy atom. The first kappa shape index (κ1) is 9.02. The van der Waals surface area contributed by atoms with Crippen LogP contribution in [-0.4, -0.2) is 9.08 Å². The fourth-order valence-corrected chi connectivity index (χ4v) is 1.66. The maximum Gasteiger partial charge on any atom is 0.134 e. The van der Waals surface area contributed by atoms with Crippen molar-refractivity contribution in [2.45, 2.75) is 0 Å². The third-order valence-electron chi connectivity index (χ3n) is 1.69. The van der Waals surface area contributed by atoms with Crippen LogP contribution >= 0.6 is 12.1 Å². The molecule has 0 aliphatic heterocycles. The van der Waals surface area contributed by atoms with Gasteiger partial charge in [-0.15, -0.1) is 0 Å². The summed E-state index contributed by atoms with van der Waals surface area (Å²) in [5, 5.41) is 9.09. The number of anilines is 1. The van der Waals surface area contributed by atoms with Crippen LogP contribution in [0.1, 0.15) is 0 Å². The summed E-state index contributed by atoms with van der Waals surface area (Å²) in [6, 6.07) is 11.5. The summed E-state index contributed by atoms with van der Waals surface area (Å²) >= 11 is 1.40. The highest BCUT2D eigenvalue weighted by Crippen LogP contribution is 2.17. The second kappa shape index (κ2) is 4.11. The van der Waals surface area contributed by atoms with Gasteiger partial charge in [-0.1, -0.05) is 18.2 Å². The van der Waals surface area contributed by atoms with Gasteiger partial charge in [0.25, 0.3) is 0 Å². The quantitative estimate of drug-likeness (QED) is 0.758. The SMILES string of the molecule is Oc1ccn(SNc2ccccc2)c1. The van der Waals surface area contributed by atoms with Crippen molar-refractivity contribution >= 4 is 17.8 Å². The van der Waals surface area contributed by atoms with Crippen molar-refractivity contribution in [2.24, 2.45) is 0 Å². The molecule has 0 spiro atoms. The monoisotopic (exact) mass is 206 g/mol. The van der Waals surface area contributed by atoms with Crippen molar-refractivity contribution < 1.29 is 5.11 Å². The van der Waals surface area contributed by atoms with Gasteiger partial charge in [0.05, 0.1) is 18.3 Å². The standard InChI is InChI=1S/C10H10N2OS/c13-10-6-7-12(8-10)14-11-9-4-2-1-3-5-9/h1-8,11,13H. The highest BCUT2D eigenvalue weighted by molar-refractivity contribution is 7.99. The zero-order valence-electron chi connectivity index (χ0n) is 7.42. The molecule has 0 amide bonds. The van der Waals surface area contributed by atoms with Crippen molar-refractivity contribution in [3.8, 4) is 5.75 Å². The third-order valence-corrected chi connectivity index (χ3v) is 2.46. The molecule has 2 rings (SSSR count). The molecule has 2 N–H and O–H groups in total. The minimum absolute atomic E-state index is 0.271. The van der Waals surface area contributed by atoms with Crippen LogP contribution in [0.25, 0.3) is 0 Å². The second-order valence-electron chi connectivity index (χ2n) is 2.79. The number of aromatic nitrogens is 1. The molecule has 0 atom stereocenters. The van der Waals surface area contributed by atoms with E-state index >= 15 is 0 Å². The molecule has 14 heavy (non-hydrogen) atoms. The molecule has 72 valence electrons. The van der Waals surface area contributed by atoms with E-state index in [4.69, 9.17) is 5.11 Å². The van der Waals surface area contributed by atoms with Crippen molar-refractivity contribution in [1.29, 1.82) is 0 Å². The molecule has 1 heterocycles. The first-order valence-electron chi connectivity index (χ1n) is 4.20. The van der Waals surface area contributed by atoms with Crippen LogP contribution in [0.15, 0.2) is 48.8 Å².